The molecular formula is C13H14ClFN2S. The van der Waals surface area contributed by atoms with Crippen molar-refractivity contribution < 1.29 is 4.39 Å². The number of thioether (sulfide) groups is 1. The molecule has 0 saturated carbocycles. The molecule has 1 aromatic carbocycles. The summed E-state index contributed by atoms with van der Waals surface area (Å²) in [5.41, 5.74) is 1.72. The predicted molar refractivity (Wildman–Crippen MR) is 74.8 cm³/mol. The van der Waals surface area contributed by atoms with Crippen LogP contribution in [-0.4, -0.2) is 21.1 Å². The van der Waals surface area contributed by atoms with Crippen LogP contribution in [0.5, 0.6) is 0 Å². The minimum Gasteiger partial charge on any atom is -0.324 e. The molecule has 1 aliphatic heterocycles. The molecule has 0 radical (unpaired) electrons. The van der Waals surface area contributed by atoms with Gasteiger partial charge in [-0.3, -0.25) is 0 Å². The first-order chi connectivity index (χ1) is 8.79. The lowest BCUT2D eigenvalue weighted by atomic mass is 10.1. The van der Waals surface area contributed by atoms with Crippen LogP contribution in [0.1, 0.15) is 24.7 Å². The van der Waals surface area contributed by atoms with Gasteiger partial charge >= 0.3 is 0 Å². The SMILES string of the molecule is Fc1ccc2nc(CCl)n(C3CCSCC3)c2c1. The van der Waals surface area contributed by atoms with E-state index in [1.807, 2.05) is 11.8 Å². The summed E-state index contributed by atoms with van der Waals surface area (Å²) in [6.07, 6.45) is 2.22. The molecule has 1 aromatic heterocycles. The maximum Gasteiger partial charge on any atom is 0.125 e. The average Bonchev–Trinajstić information content (AvgIpc) is 2.77. The van der Waals surface area contributed by atoms with Gasteiger partial charge in [0.05, 0.1) is 16.9 Å². The number of benzene rings is 1. The topological polar surface area (TPSA) is 17.8 Å². The Kier molecular flexibility index (Phi) is 3.48. The molecule has 3 rings (SSSR count). The van der Waals surface area contributed by atoms with Crippen LogP contribution in [-0.2, 0) is 5.88 Å². The number of hydrogen-bond acceptors (Lipinski definition) is 2. The number of nitrogens with zero attached hydrogens (tertiary/aromatic N) is 2. The van der Waals surface area contributed by atoms with E-state index in [0.717, 1.165) is 41.2 Å². The number of aromatic nitrogens is 2. The maximum absolute atomic E-state index is 13.4. The smallest absolute Gasteiger partial charge is 0.125 e. The van der Waals surface area contributed by atoms with Crippen LogP contribution in [0.15, 0.2) is 18.2 Å². The van der Waals surface area contributed by atoms with Crippen molar-refractivity contribution in [1.29, 1.82) is 0 Å². The van der Waals surface area contributed by atoms with Gasteiger partial charge in [0.1, 0.15) is 11.6 Å². The van der Waals surface area contributed by atoms with Gasteiger partial charge in [-0.1, -0.05) is 0 Å². The van der Waals surface area contributed by atoms with Gasteiger partial charge in [0, 0.05) is 6.04 Å². The highest BCUT2D eigenvalue weighted by atomic mass is 35.5. The first-order valence-corrected chi connectivity index (χ1v) is 7.78. The van der Waals surface area contributed by atoms with E-state index in [1.165, 1.54) is 6.07 Å². The lowest BCUT2D eigenvalue weighted by molar-refractivity contribution is 0.469. The van der Waals surface area contributed by atoms with Crippen LogP contribution in [0.3, 0.4) is 0 Å². The van der Waals surface area contributed by atoms with Crippen molar-refractivity contribution in [1.82, 2.24) is 9.55 Å². The van der Waals surface area contributed by atoms with E-state index in [0.29, 0.717) is 11.9 Å². The van der Waals surface area contributed by atoms with Crippen molar-refractivity contribution in [3.8, 4) is 0 Å². The second-order valence-electron chi connectivity index (χ2n) is 4.51. The van der Waals surface area contributed by atoms with Crippen LogP contribution in [0.2, 0.25) is 0 Å². The minimum atomic E-state index is -0.213. The van der Waals surface area contributed by atoms with Crippen LogP contribution in [0.25, 0.3) is 11.0 Å². The Balaban J connectivity index is 2.14. The van der Waals surface area contributed by atoms with E-state index in [2.05, 4.69) is 9.55 Å². The zero-order valence-corrected chi connectivity index (χ0v) is 11.5. The fourth-order valence-corrected chi connectivity index (χ4v) is 3.83. The monoisotopic (exact) mass is 284 g/mol. The summed E-state index contributed by atoms with van der Waals surface area (Å²) >= 11 is 7.96. The Hall–Kier alpha value is -0.740. The van der Waals surface area contributed by atoms with E-state index in [4.69, 9.17) is 11.6 Å². The van der Waals surface area contributed by atoms with E-state index >= 15 is 0 Å². The Morgan fingerprint density at radius 2 is 2.17 bits per heavy atom. The molecule has 96 valence electrons. The van der Waals surface area contributed by atoms with Gasteiger partial charge in [0.15, 0.2) is 0 Å². The number of halogens is 2. The van der Waals surface area contributed by atoms with Crippen molar-refractivity contribution in [2.75, 3.05) is 11.5 Å². The summed E-state index contributed by atoms with van der Waals surface area (Å²) in [7, 11) is 0. The maximum atomic E-state index is 13.4. The van der Waals surface area contributed by atoms with E-state index in [1.54, 1.807) is 12.1 Å². The highest BCUT2D eigenvalue weighted by Gasteiger charge is 2.21. The lowest BCUT2D eigenvalue weighted by Crippen LogP contribution is -2.17. The van der Waals surface area contributed by atoms with Crippen molar-refractivity contribution >= 4 is 34.4 Å². The number of fused-ring (bicyclic) bond motifs is 1. The largest absolute Gasteiger partial charge is 0.324 e. The molecule has 2 aromatic rings. The molecule has 0 atom stereocenters. The highest BCUT2D eigenvalue weighted by molar-refractivity contribution is 7.99. The molecule has 2 heterocycles. The average molecular weight is 285 g/mol. The van der Waals surface area contributed by atoms with E-state index in [9.17, 15) is 4.39 Å². The molecule has 0 amide bonds. The highest BCUT2D eigenvalue weighted by Crippen LogP contribution is 2.32. The summed E-state index contributed by atoms with van der Waals surface area (Å²) < 4.78 is 15.6. The summed E-state index contributed by atoms with van der Waals surface area (Å²) in [5.74, 6) is 3.33. The molecule has 0 bridgehead atoms. The first kappa shape index (κ1) is 12.3. The molecule has 5 heteroatoms. The molecule has 0 spiro atoms. The molecule has 0 aliphatic carbocycles. The third-order valence-corrected chi connectivity index (χ3v) is 4.69. The molecule has 1 aliphatic rings. The quantitative estimate of drug-likeness (QED) is 0.776. The third-order valence-electron chi connectivity index (χ3n) is 3.40. The van der Waals surface area contributed by atoms with Crippen LogP contribution in [0.4, 0.5) is 4.39 Å². The van der Waals surface area contributed by atoms with Crippen molar-refractivity contribution in [2.45, 2.75) is 24.8 Å². The van der Waals surface area contributed by atoms with Crippen molar-refractivity contribution in [3.05, 3.63) is 29.8 Å². The predicted octanol–water partition coefficient (Wildman–Crippen LogP) is 3.98. The van der Waals surface area contributed by atoms with Crippen LogP contribution < -0.4 is 0 Å². The zero-order chi connectivity index (χ0) is 12.5. The molecule has 18 heavy (non-hydrogen) atoms. The molecule has 0 N–H and O–H groups in total. The van der Waals surface area contributed by atoms with Gasteiger partial charge in [0.25, 0.3) is 0 Å². The van der Waals surface area contributed by atoms with E-state index in [-0.39, 0.29) is 5.82 Å². The molecule has 2 nitrogen and oxygen atoms in total. The fourth-order valence-electron chi connectivity index (χ4n) is 2.56. The van der Waals surface area contributed by atoms with Gasteiger partial charge in [-0.25, -0.2) is 9.37 Å². The summed E-state index contributed by atoms with van der Waals surface area (Å²) in [4.78, 5) is 4.51. The Morgan fingerprint density at radius 3 is 2.89 bits per heavy atom. The zero-order valence-electron chi connectivity index (χ0n) is 9.90. The van der Waals surface area contributed by atoms with Gasteiger partial charge in [-0.15, -0.1) is 11.6 Å². The van der Waals surface area contributed by atoms with Gasteiger partial charge in [-0.05, 0) is 42.5 Å². The Labute approximate surface area is 115 Å². The number of hydrogen-bond donors (Lipinski definition) is 0. The number of alkyl halides is 1. The second-order valence-corrected chi connectivity index (χ2v) is 6.00. The fraction of sp³-hybridized carbons (Fsp3) is 0.462. The number of imidazole rings is 1. The number of rotatable bonds is 2. The second kappa shape index (κ2) is 5.10. The van der Waals surface area contributed by atoms with Gasteiger partial charge in [0.2, 0.25) is 0 Å². The van der Waals surface area contributed by atoms with E-state index < -0.39 is 0 Å². The standard InChI is InChI=1S/C13H14ClFN2S/c14-8-13-16-11-2-1-9(15)7-12(11)17(13)10-3-5-18-6-4-10/h1-2,7,10H,3-6,8H2. The summed E-state index contributed by atoms with van der Waals surface area (Å²) in [6.45, 7) is 0. The Morgan fingerprint density at radius 1 is 1.39 bits per heavy atom. The minimum absolute atomic E-state index is 0.213. The molecule has 1 fully saturated rings. The summed E-state index contributed by atoms with van der Waals surface area (Å²) in [5, 5.41) is 0. The van der Waals surface area contributed by atoms with Crippen molar-refractivity contribution in [3.63, 3.8) is 0 Å². The Bertz CT molecular complexity index is 563. The van der Waals surface area contributed by atoms with Crippen LogP contribution >= 0.6 is 23.4 Å². The molecular weight excluding hydrogens is 271 g/mol. The molecule has 1 saturated heterocycles. The van der Waals surface area contributed by atoms with Crippen molar-refractivity contribution in [2.24, 2.45) is 0 Å². The third kappa shape index (κ3) is 2.12. The van der Waals surface area contributed by atoms with Gasteiger partial charge in [-0.2, -0.15) is 11.8 Å². The molecule has 0 unspecified atom stereocenters. The van der Waals surface area contributed by atoms with Gasteiger partial charge < -0.3 is 4.57 Å². The lowest BCUT2D eigenvalue weighted by Gasteiger charge is -2.25. The van der Waals surface area contributed by atoms with Crippen LogP contribution in [0, 0.1) is 5.82 Å². The normalized spacial score (nSPS) is 17.4. The first-order valence-electron chi connectivity index (χ1n) is 6.09. The summed E-state index contributed by atoms with van der Waals surface area (Å²) in [6, 6.07) is 5.16.